The lowest BCUT2D eigenvalue weighted by atomic mass is 10.1. The number of benzene rings is 2. The summed E-state index contributed by atoms with van der Waals surface area (Å²) in [6.45, 7) is 1.86. The highest BCUT2D eigenvalue weighted by Crippen LogP contribution is 2.24. The van der Waals surface area contributed by atoms with Crippen LogP contribution in [0.2, 0.25) is 0 Å². The Hall–Kier alpha value is -4.14. The zero-order chi connectivity index (χ0) is 23.4. The molecule has 9 nitrogen and oxygen atoms in total. The van der Waals surface area contributed by atoms with E-state index >= 15 is 0 Å². The number of H-pyrrole nitrogens is 1. The maximum Gasteiger partial charge on any atom is 0.329 e. The number of hydrogen-bond donors (Lipinski definition) is 4. The molecule has 2 aromatic carbocycles. The smallest absolute Gasteiger partial charge is 0.329 e. The number of amides is 5. The van der Waals surface area contributed by atoms with Crippen LogP contribution >= 0.6 is 0 Å². The van der Waals surface area contributed by atoms with Gasteiger partial charge in [0.2, 0.25) is 11.8 Å². The fourth-order valence-corrected chi connectivity index (χ4v) is 3.94. The highest BCUT2D eigenvalue weighted by molar-refractivity contribution is 6.21. The summed E-state index contributed by atoms with van der Waals surface area (Å²) < 4.78 is 0. The van der Waals surface area contributed by atoms with Crippen LogP contribution in [0.25, 0.3) is 10.9 Å². The first-order valence-corrected chi connectivity index (χ1v) is 10.8. The van der Waals surface area contributed by atoms with Crippen molar-refractivity contribution in [3.63, 3.8) is 0 Å². The van der Waals surface area contributed by atoms with Gasteiger partial charge in [0, 0.05) is 42.7 Å². The van der Waals surface area contributed by atoms with E-state index in [1.807, 2.05) is 30.5 Å². The van der Waals surface area contributed by atoms with Gasteiger partial charge in [0.1, 0.15) is 6.04 Å². The Morgan fingerprint density at radius 1 is 1.09 bits per heavy atom. The minimum absolute atomic E-state index is 0.115. The van der Waals surface area contributed by atoms with Crippen LogP contribution in [0.5, 0.6) is 0 Å². The van der Waals surface area contributed by atoms with Crippen LogP contribution in [0.3, 0.4) is 0 Å². The van der Waals surface area contributed by atoms with Gasteiger partial charge in [-0.1, -0.05) is 24.3 Å². The van der Waals surface area contributed by atoms with E-state index in [1.165, 1.54) is 6.92 Å². The molecule has 1 aromatic heterocycles. The van der Waals surface area contributed by atoms with Gasteiger partial charge in [-0.3, -0.25) is 14.4 Å². The van der Waals surface area contributed by atoms with Gasteiger partial charge in [-0.05, 0) is 42.7 Å². The van der Waals surface area contributed by atoms with Crippen molar-refractivity contribution in [2.24, 2.45) is 0 Å². The van der Waals surface area contributed by atoms with Gasteiger partial charge in [-0.2, -0.15) is 0 Å². The molecule has 33 heavy (non-hydrogen) atoms. The first-order chi connectivity index (χ1) is 15.9. The van der Waals surface area contributed by atoms with Crippen LogP contribution in [0, 0.1) is 0 Å². The molecule has 1 aliphatic rings. The van der Waals surface area contributed by atoms with Crippen LogP contribution in [-0.4, -0.2) is 41.3 Å². The minimum atomic E-state index is -0.777. The number of carbonyl (C=O) groups excluding carboxylic acids is 4. The maximum atomic E-state index is 12.8. The van der Waals surface area contributed by atoms with E-state index in [2.05, 4.69) is 20.9 Å². The molecule has 0 bridgehead atoms. The minimum Gasteiger partial charge on any atom is -0.361 e. The lowest BCUT2D eigenvalue weighted by molar-refractivity contribution is -0.121. The van der Waals surface area contributed by atoms with Gasteiger partial charge >= 0.3 is 6.03 Å². The number of rotatable bonds is 8. The topological polar surface area (TPSA) is 123 Å². The van der Waals surface area contributed by atoms with Gasteiger partial charge in [-0.15, -0.1) is 0 Å². The molecule has 0 aliphatic carbocycles. The number of nitrogens with zero attached hydrogens (tertiary/aromatic N) is 1. The molecule has 4 rings (SSSR count). The summed E-state index contributed by atoms with van der Waals surface area (Å²) in [6, 6.07) is 13.1. The van der Waals surface area contributed by atoms with Gasteiger partial charge in [0.25, 0.3) is 5.91 Å². The molecule has 0 spiro atoms. The van der Waals surface area contributed by atoms with Gasteiger partial charge in [0.05, 0.1) is 5.69 Å². The van der Waals surface area contributed by atoms with E-state index in [4.69, 9.17) is 0 Å². The molecule has 3 aromatic rings. The largest absolute Gasteiger partial charge is 0.361 e. The summed E-state index contributed by atoms with van der Waals surface area (Å²) in [5.74, 6) is -0.854. The van der Waals surface area contributed by atoms with Crippen LogP contribution in [-0.2, 0) is 20.8 Å². The third-order valence-corrected chi connectivity index (χ3v) is 5.50. The number of anilines is 2. The summed E-state index contributed by atoms with van der Waals surface area (Å²) in [5, 5.41) is 9.26. The third-order valence-electron chi connectivity index (χ3n) is 5.50. The number of aromatic amines is 1. The molecule has 0 saturated carbocycles. The molecule has 1 saturated heterocycles. The first kappa shape index (κ1) is 22.1. The molecule has 5 amide bonds. The predicted octanol–water partition coefficient (Wildman–Crippen LogP) is 2.69. The van der Waals surface area contributed by atoms with Crippen molar-refractivity contribution in [2.75, 3.05) is 16.8 Å². The van der Waals surface area contributed by atoms with Crippen LogP contribution < -0.4 is 20.9 Å². The normalized spacial score (nSPS) is 15.5. The molecule has 2 heterocycles. The number of hydrogen-bond acceptors (Lipinski definition) is 4. The standard InChI is InChI=1S/C24H25N5O4/c1-15(30)27-17-5-4-6-18(13-17)29-23(32)21(28-24(29)33)9-10-22(31)25-12-11-16-14-26-20-8-3-2-7-19(16)20/h2-8,13-14,21,26H,9-12H2,1H3,(H,25,31)(H,27,30)(H,28,33)/t21-/m1/s1. The maximum absolute atomic E-state index is 12.8. The highest BCUT2D eigenvalue weighted by Gasteiger charge is 2.39. The molecular weight excluding hydrogens is 422 g/mol. The second-order valence-electron chi connectivity index (χ2n) is 7.91. The quantitative estimate of drug-likeness (QED) is 0.397. The number of urea groups is 1. The van der Waals surface area contributed by atoms with Gasteiger partial charge in [0.15, 0.2) is 0 Å². The van der Waals surface area contributed by atoms with E-state index in [0.29, 0.717) is 24.3 Å². The lowest BCUT2D eigenvalue weighted by Crippen LogP contribution is -2.33. The number of carbonyl (C=O) groups is 4. The summed E-state index contributed by atoms with van der Waals surface area (Å²) in [7, 11) is 0. The number of para-hydroxylation sites is 1. The summed E-state index contributed by atoms with van der Waals surface area (Å²) in [6.07, 6.45) is 2.95. The van der Waals surface area contributed by atoms with E-state index in [0.717, 1.165) is 21.4 Å². The SMILES string of the molecule is CC(=O)Nc1cccc(N2C(=O)N[C@H](CCC(=O)NCCc3c[nH]c4ccccc34)C2=O)c1. The average molecular weight is 447 g/mol. The number of imide groups is 1. The molecule has 1 fully saturated rings. The van der Waals surface area contributed by atoms with E-state index in [-0.39, 0.29) is 24.7 Å². The summed E-state index contributed by atoms with van der Waals surface area (Å²) >= 11 is 0. The van der Waals surface area contributed by atoms with Crippen molar-refractivity contribution >= 4 is 46.0 Å². The second-order valence-corrected chi connectivity index (χ2v) is 7.91. The second kappa shape index (κ2) is 9.56. The zero-order valence-corrected chi connectivity index (χ0v) is 18.2. The molecule has 0 radical (unpaired) electrons. The van der Waals surface area contributed by atoms with E-state index in [1.54, 1.807) is 24.3 Å². The molecule has 170 valence electrons. The molecule has 4 N–H and O–H groups in total. The van der Waals surface area contributed by atoms with Crippen molar-refractivity contribution in [1.82, 2.24) is 15.6 Å². The number of fused-ring (bicyclic) bond motifs is 1. The zero-order valence-electron chi connectivity index (χ0n) is 18.2. The molecule has 1 aliphatic heterocycles. The van der Waals surface area contributed by atoms with Crippen molar-refractivity contribution < 1.29 is 19.2 Å². The van der Waals surface area contributed by atoms with Gasteiger partial charge < -0.3 is 20.9 Å². The van der Waals surface area contributed by atoms with Crippen molar-refractivity contribution in [1.29, 1.82) is 0 Å². The Morgan fingerprint density at radius 3 is 2.73 bits per heavy atom. The molecule has 9 heteroatoms. The summed E-state index contributed by atoms with van der Waals surface area (Å²) in [5.41, 5.74) is 3.02. The Bertz CT molecular complexity index is 1220. The average Bonchev–Trinajstić information content (AvgIpc) is 3.32. The lowest BCUT2D eigenvalue weighted by Gasteiger charge is -2.14. The fraction of sp³-hybridized carbons (Fsp3) is 0.250. The van der Waals surface area contributed by atoms with Crippen LogP contribution in [0.1, 0.15) is 25.3 Å². The van der Waals surface area contributed by atoms with Crippen molar-refractivity contribution in [3.8, 4) is 0 Å². The fourth-order valence-electron chi connectivity index (χ4n) is 3.94. The molecular formula is C24H25N5O4. The van der Waals surface area contributed by atoms with E-state index < -0.39 is 18.0 Å². The number of aromatic nitrogens is 1. The monoisotopic (exact) mass is 447 g/mol. The first-order valence-electron chi connectivity index (χ1n) is 10.8. The van der Waals surface area contributed by atoms with Crippen molar-refractivity contribution in [2.45, 2.75) is 32.2 Å². The van der Waals surface area contributed by atoms with E-state index in [9.17, 15) is 19.2 Å². The summed E-state index contributed by atoms with van der Waals surface area (Å²) in [4.78, 5) is 53.0. The Labute approximate surface area is 190 Å². The Balaban J connectivity index is 1.28. The van der Waals surface area contributed by atoms with Crippen LogP contribution in [0.4, 0.5) is 16.2 Å². The highest BCUT2D eigenvalue weighted by atomic mass is 16.2. The Morgan fingerprint density at radius 2 is 1.91 bits per heavy atom. The predicted molar refractivity (Wildman–Crippen MR) is 125 cm³/mol. The Kier molecular flexibility index (Phi) is 6.39. The number of nitrogens with one attached hydrogen (secondary N) is 4. The third kappa shape index (κ3) is 5.03. The molecule has 0 unspecified atom stereocenters. The van der Waals surface area contributed by atoms with Crippen LogP contribution in [0.15, 0.2) is 54.7 Å². The van der Waals surface area contributed by atoms with Crippen molar-refractivity contribution in [3.05, 3.63) is 60.3 Å². The molecule has 1 atom stereocenters. The van der Waals surface area contributed by atoms with Gasteiger partial charge in [-0.25, -0.2) is 9.69 Å².